The van der Waals surface area contributed by atoms with Gasteiger partial charge in [0.25, 0.3) is 10.0 Å². The van der Waals surface area contributed by atoms with E-state index in [0.29, 0.717) is 0 Å². The average Bonchev–Trinajstić information content (AvgIpc) is 2.63. The molecule has 19 heavy (non-hydrogen) atoms. The molecular formula is C10H10ClFN4O2S. The molecule has 0 fully saturated rings. The van der Waals surface area contributed by atoms with Crippen LogP contribution in [0.4, 0.5) is 15.9 Å². The highest BCUT2D eigenvalue weighted by Gasteiger charge is 2.22. The summed E-state index contributed by atoms with van der Waals surface area (Å²) in [7, 11) is -2.47. The van der Waals surface area contributed by atoms with Crippen LogP contribution in [0.1, 0.15) is 0 Å². The Hall–Kier alpha value is -1.80. The van der Waals surface area contributed by atoms with Gasteiger partial charge in [-0.25, -0.2) is 12.8 Å². The lowest BCUT2D eigenvalue weighted by Crippen LogP contribution is -2.14. The number of aromatic nitrogens is 2. The summed E-state index contributed by atoms with van der Waals surface area (Å²) in [5, 5.41) is 3.88. The molecule has 0 amide bonds. The van der Waals surface area contributed by atoms with Gasteiger partial charge in [-0.15, -0.1) is 0 Å². The molecule has 0 atom stereocenters. The van der Waals surface area contributed by atoms with Gasteiger partial charge in [-0.2, -0.15) is 5.10 Å². The second kappa shape index (κ2) is 4.71. The van der Waals surface area contributed by atoms with Crippen LogP contribution >= 0.6 is 11.6 Å². The van der Waals surface area contributed by atoms with E-state index in [1.165, 1.54) is 30.1 Å². The number of hydrogen-bond donors (Lipinski definition) is 2. The molecule has 1 aromatic heterocycles. The molecule has 0 saturated carbocycles. The zero-order valence-corrected chi connectivity index (χ0v) is 11.3. The number of nitrogens with zero attached hydrogens (tertiary/aromatic N) is 2. The molecule has 0 aliphatic rings. The van der Waals surface area contributed by atoms with Crippen LogP contribution < -0.4 is 10.5 Å². The van der Waals surface area contributed by atoms with Gasteiger partial charge in [0.2, 0.25) is 0 Å². The molecule has 0 saturated heterocycles. The van der Waals surface area contributed by atoms with E-state index in [1.54, 1.807) is 0 Å². The van der Waals surface area contributed by atoms with Crippen LogP contribution in [0, 0.1) is 5.82 Å². The number of nitrogens with one attached hydrogen (secondary N) is 1. The molecular weight excluding hydrogens is 295 g/mol. The predicted octanol–water partition coefficient (Wildman–Crippen LogP) is 1.60. The molecule has 6 nitrogen and oxygen atoms in total. The number of benzene rings is 1. The van der Waals surface area contributed by atoms with Gasteiger partial charge in [0, 0.05) is 18.3 Å². The van der Waals surface area contributed by atoms with E-state index >= 15 is 0 Å². The van der Waals surface area contributed by atoms with E-state index in [1.807, 2.05) is 0 Å². The summed E-state index contributed by atoms with van der Waals surface area (Å²) in [6.45, 7) is 0. The lowest BCUT2D eigenvalue weighted by molar-refractivity contribution is 0.598. The molecule has 1 aromatic carbocycles. The summed E-state index contributed by atoms with van der Waals surface area (Å²) in [4.78, 5) is -0.218. The van der Waals surface area contributed by atoms with Crippen LogP contribution in [0.2, 0.25) is 5.02 Å². The molecule has 0 spiro atoms. The van der Waals surface area contributed by atoms with Crippen LogP contribution in [0.5, 0.6) is 0 Å². The minimum absolute atomic E-state index is 0.163. The normalized spacial score (nSPS) is 11.5. The standard InChI is InChI=1S/C10H10ClFN4O2S/c1-16-5-9(10(13)14-16)19(17,18)15-8-3-2-6(11)4-7(8)12/h2-5,15H,1H3,(H2,13,14). The van der Waals surface area contributed by atoms with Crippen LogP contribution in [0.25, 0.3) is 0 Å². The fourth-order valence-electron chi connectivity index (χ4n) is 1.46. The van der Waals surface area contributed by atoms with Crippen LogP contribution in [-0.4, -0.2) is 18.2 Å². The molecule has 0 aliphatic heterocycles. The van der Waals surface area contributed by atoms with Gasteiger partial charge >= 0.3 is 0 Å². The Bertz CT molecular complexity index is 729. The summed E-state index contributed by atoms with van der Waals surface area (Å²) >= 11 is 5.58. The first-order valence-electron chi connectivity index (χ1n) is 5.06. The fraction of sp³-hybridized carbons (Fsp3) is 0.100. The van der Waals surface area contributed by atoms with Crippen LogP contribution in [0.3, 0.4) is 0 Å². The number of halogens is 2. The lowest BCUT2D eigenvalue weighted by Gasteiger charge is -2.07. The number of hydrogen-bond acceptors (Lipinski definition) is 4. The van der Waals surface area contributed by atoms with Gasteiger partial charge < -0.3 is 5.73 Å². The van der Waals surface area contributed by atoms with Crippen LogP contribution in [0.15, 0.2) is 29.3 Å². The van der Waals surface area contributed by atoms with Crippen molar-refractivity contribution in [3.8, 4) is 0 Å². The third kappa shape index (κ3) is 2.79. The zero-order valence-electron chi connectivity index (χ0n) is 9.76. The second-order valence-corrected chi connectivity index (χ2v) is 5.87. The maximum atomic E-state index is 13.5. The molecule has 0 radical (unpaired) electrons. The predicted molar refractivity (Wildman–Crippen MR) is 69.8 cm³/mol. The number of sulfonamides is 1. The van der Waals surface area contributed by atoms with E-state index in [-0.39, 0.29) is 21.4 Å². The molecule has 0 unspecified atom stereocenters. The van der Waals surface area contributed by atoms with Gasteiger partial charge in [0.1, 0.15) is 10.7 Å². The monoisotopic (exact) mass is 304 g/mol. The maximum Gasteiger partial charge on any atom is 0.267 e. The van der Waals surface area contributed by atoms with E-state index in [4.69, 9.17) is 17.3 Å². The molecule has 0 bridgehead atoms. The molecule has 0 aliphatic carbocycles. The molecule has 1 heterocycles. The SMILES string of the molecule is Cn1cc(S(=O)(=O)Nc2ccc(Cl)cc2F)c(N)n1. The van der Waals surface area contributed by atoms with E-state index in [2.05, 4.69) is 9.82 Å². The number of anilines is 2. The van der Waals surface area contributed by atoms with Crippen molar-refractivity contribution in [3.05, 3.63) is 35.2 Å². The summed E-state index contributed by atoms with van der Waals surface area (Å²) in [5.74, 6) is -0.942. The van der Waals surface area contributed by atoms with Crippen molar-refractivity contribution in [1.29, 1.82) is 0 Å². The summed E-state index contributed by atoms with van der Waals surface area (Å²) in [6.07, 6.45) is 1.23. The van der Waals surface area contributed by atoms with Crippen molar-refractivity contribution in [2.24, 2.45) is 7.05 Å². The first-order valence-corrected chi connectivity index (χ1v) is 6.93. The molecule has 2 aromatic rings. The third-order valence-corrected chi connectivity index (χ3v) is 3.90. The first-order chi connectivity index (χ1) is 8.79. The quantitative estimate of drug-likeness (QED) is 0.901. The Kier molecular flexibility index (Phi) is 3.38. The molecule has 3 N–H and O–H groups in total. The molecule has 2 rings (SSSR count). The Labute approximate surface area is 114 Å². The Balaban J connectivity index is 2.39. The molecule has 102 valence electrons. The van der Waals surface area contributed by atoms with Crippen molar-refractivity contribution in [2.45, 2.75) is 4.90 Å². The van der Waals surface area contributed by atoms with Crippen molar-refractivity contribution >= 4 is 33.1 Å². The molecule has 9 heteroatoms. The fourth-order valence-corrected chi connectivity index (χ4v) is 2.79. The van der Waals surface area contributed by atoms with Gasteiger partial charge in [0.05, 0.1) is 5.69 Å². The Morgan fingerprint density at radius 3 is 2.68 bits per heavy atom. The van der Waals surface area contributed by atoms with Crippen molar-refractivity contribution in [1.82, 2.24) is 9.78 Å². The summed E-state index contributed by atoms with van der Waals surface area (Å²) < 4.78 is 40.9. The van der Waals surface area contributed by atoms with Gasteiger partial charge in [-0.05, 0) is 18.2 Å². The summed E-state index contributed by atoms with van der Waals surface area (Å²) in [6, 6.07) is 3.60. The first kappa shape index (κ1) is 13.6. The average molecular weight is 305 g/mol. The van der Waals surface area contributed by atoms with Gasteiger partial charge in [0.15, 0.2) is 5.82 Å². The summed E-state index contributed by atoms with van der Waals surface area (Å²) in [5.41, 5.74) is 5.26. The largest absolute Gasteiger partial charge is 0.381 e. The topological polar surface area (TPSA) is 90.0 Å². The minimum atomic E-state index is -4.00. The Morgan fingerprint density at radius 1 is 1.47 bits per heavy atom. The maximum absolute atomic E-state index is 13.5. The van der Waals surface area contributed by atoms with E-state index < -0.39 is 15.8 Å². The zero-order chi connectivity index (χ0) is 14.2. The number of rotatable bonds is 3. The highest BCUT2D eigenvalue weighted by atomic mass is 35.5. The number of nitrogens with two attached hydrogens (primary N) is 1. The van der Waals surface area contributed by atoms with Crippen molar-refractivity contribution in [3.63, 3.8) is 0 Å². The minimum Gasteiger partial charge on any atom is -0.381 e. The number of aryl methyl sites for hydroxylation is 1. The van der Waals surface area contributed by atoms with Gasteiger partial charge in [-0.1, -0.05) is 11.6 Å². The van der Waals surface area contributed by atoms with Crippen molar-refractivity contribution < 1.29 is 12.8 Å². The second-order valence-electron chi connectivity index (χ2n) is 3.78. The highest BCUT2D eigenvalue weighted by Crippen LogP contribution is 2.24. The highest BCUT2D eigenvalue weighted by molar-refractivity contribution is 7.92. The van der Waals surface area contributed by atoms with E-state index in [0.717, 1.165) is 6.07 Å². The third-order valence-electron chi connectivity index (χ3n) is 2.29. The number of nitrogen functional groups attached to an aromatic ring is 1. The van der Waals surface area contributed by atoms with E-state index in [9.17, 15) is 12.8 Å². The van der Waals surface area contributed by atoms with Crippen molar-refractivity contribution in [2.75, 3.05) is 10.5 Å². The van der Waals surface area contributed by atoms with Crippen LogP contribution in [-0.2, 0) is 17.1 Å². The smallest absolute Gasteiger partial charge is 0.267 e. The van der Waals surface area contributed by atoms with Gasteiger partial charge in [-0.3, -0.25) is 9.40 Å². The lowest BCUT2D eigenvalue weighted by atomic mass is 10.3. The Morgan fingerprint density at radius 2 is 2.16 bits per heavy atom.